The van der Waals surface area contributed by atoms with E-state index in [9.17, 15) is 19.0 Å². The first-order valence-electron chi connectivity index (χ1n) is 40.9. The maximum absolute atomic E-state index is 12.8. The van der Waals surface area contributed by atoms with Gasteiger partial charge in [0.15, 0.2) is 6.10 Å². The summed E-state index contributed by atoms with van der Waals surface area (Å²) in [6, 6.07) is 0. The molecule has 572 valence electrons. The van der Waals surface area contributed by atoms with Gasteiger partial charge < -0.3 is 20.1 Å². The zero-order valence-electron chi connectivity index (χ0n) is 64.6. The number of nitrogens with two attached hydrogens (primary N) is 1. The number of ether oxygens (including phenoxy) is 2. The van der Waals surface area contributed by atoms with Crippen LogP contribution in [0.5, 0.6) is 0 Å². The fraction of sp³-hybridized carbons (Fsp3) is 0.626. The molecule has 101 heavy (non-hydrogen) atoms. The molecule has 0 aliphatic heterocycles. The van der Waals surface area contributed by atoms with Gasteiger partial charge in [-0.2, -0.15) is 0 Å². The molecule has 2 unspecified atom stereocenters. The molecular formula is C91H150NO8P. The number of rotatable bonds is 75. The molecule has 0 radical (unpaired) electrons. The van der Waals surface area contributed by atoms with E-state index in [-0.39, 0.29) is 38.6 Å². The van der Waals surface area contributed by atoms with Crippen LogP contribution in [-0.2, 0) is 32.7 Å². The highest BCUT2D eigenvalue weighted by molar-refractivity contribution is 7.47. The molecule has 2 atom stereocenters. The lowest BCUT2D eigenvalue weighted by Gasteiger charge is -2.19. The van der Waals surface area contributed by atoms with Crippen molar-refractivity contribution in [3.63, 3.8) is 0 Å². The lowest BCUT2D eigenvalue weighted by molar-refractivity contribution is -0.161. The van der Waals surface area contributed by atoms with E-state index in [1.807, 2.05) is 0 Å². The molecule has 9 nitrogen and oxygen atoms in total. The fourth-order valence-electron chi connectivity index (χ4n) is 11.0. The Kier molecular flexibility index (Phi) is 79.5. The standard InChI is InChI=1S/C91H150NO8P/c1-3-5-7-9-11-13-15-17-19-21-23-25-27-29-31-33-35-37-39-41-43-44-46-47-49-51-53-55-57-59-61-63-65-67-69-71-73-75-77-79-81-83-90(93)97-87-89(88-99-101(95,96)98-86-85-92)100-91(94)84-82-80-78-76-74-72-70-68-66-64-62-60-58-56-54-52-50-48-45-42-40-38-36-34-32-30-28-26-24-22-20-18-16-14-12-10-8-6-4-2/h5-8,11-14,17-20,23-26,29-32,35-38,42,45,50,52,56,58,62,64,89H,3-4,9-10,15-16,21-22,27-28,33-34,39-41,43-44,46-49,51,53-55,57,59-61,63,65-88,92H2,1-2H3,(H,95,96)/b7-5-,8-6-,13-11-,14-12-,19-17-,20-18-,25-23-,26-24-,31-29-,32-30-,37-35-,38-36-,45-42-,52-50-,58-56-,64-62-. The fourth-order valence-corrected chi connectivity index (χ4v) is 11.8. The highest BCUT2D eigenvalue weighted by atomic mass is 31.2. The van der Waals surface area contributed by atoms with Crippen molar-refractivity contribution >= 4 is 19.8 Å². The predicted octanol–water partition coefficient (Wildman–Crippen LogP) is 28.0. The number of carbonyl (C=O) groups is 2. The van der Waals surface area contributed by atoms with Gasteiger partial charge in [0.05, 0.1) is 13.2 Å². The minimum atomic E-state index is -4.41. The highest BCUT2D eigenvalue weighted by Crippen LogP contribution is 2.43. The summed E-state index contributed by atoms with van der Waals surface area (Å²) in [7, 11) is -4.41. The number of carbonyl (C=O) groups excluding carboxylic acids is 2. The van der Waals surface area contributed by atoms with Crippen molar-refractivity contribution in [2.75, 3.05) is 26.4 Å². The van der Waals surface area contributed by atoms with Crippen LogP contribution in [0.25, 0.3) is 0 Å². The first-order chi connectivity index (χ1) is 49.8. The second-order valence-electron chi connectivity index (χ2n) is 26.5. The van der Waals surface area contributed by atoms with Crippen molar-refractivity contribution in [3.8, 4) is 0 Å². The first-order valence-corrected chi connectivity index (χ1v) is 42.4. The van der Waals surface area contributed by atoms with Gasteiger partial charge in [0.2, 0.25) is 0 Å². The second kappa shape index (κ2) is 83.8. The van der Waals surface area contributed by atoms with Gasteiger partial charge in [0, 0.05) is 19.4 Å². The molecule has 0 rings (SSSR count). The van der Waals surface area contributed by atoms with E-state index in [4.69, 9.17) is 24.3 Å². The van der Waals surface area contributed by atoms with Crippen LogP contribution < -0.4 is 5.73 Å². The van der Waals surface area contributed by atoms with Crippen LogP contribution >= 0.6 is 7.82 Å². The molecule has 0 heterocycles. The summed E-state index contributed by atoms with van der Waals surface area (Å²) >= 11 is 0. The number of phosphoric acid groups is 1. The number of esters is 2. The minimum absolute atomic E-state index is 0.0450. The third-order valence-corrected chi connectivity index (χ3v) is 18.0. The first kappa shape index (κ1) is 95.8. The molecule has 0 spiro atoms. The van der Waals surface area contributed by atoms with Gasteiger partial charge in [0.25, 0.3) is 0 Å². The summed E-state index contributed by atoms with van der Waals surface area (Å²) in [5, 5.41) is 0. The van der Waals surface area contributed by atoms with Crippen LogP contribution in [0.1, 0.15) is 335 Å². The highest BCUT2D eigenvalue weighted by Gasteiger charge is 2.26. The molecular weight excluding hydrogens is 1270 g/mol. The third kappa shape index (κ3) is 83.7. The van der Waals surface area contributed by atoms with Gasteiger partial charge in [0.1, 0.15) is 6.61 Å². The topological polar surface area (TPSA) is 134 Å². The Morgan fingerprint density at radius 2 is 0.515 bits per heavy atom. The van der Waals surface area contributed by atoms with Crippen molar-refractivity contribution in [2.45, 2.75) is 341 Å². The maximum atomic E-state index is 12.8. The van der Waals surface area contributed by atoms with Crippen molar-refractivity contribution in [2.24, 2.45) is 5.73 Å². The zero-order valence-corrected chi connectivity index (χ0v) is 65.5. The maximum Gasteiger partial charge on any atom is 0.472 e. The molecule has 10 heteroatoms. The third-order valence-electron chi connectivity index (χ3n) is 17.0. The Balaban J connectivity index is 3.88. The number of unbranched alkanes of at least 4 members (excludes halogenated alkanes) is 30. The number of hydrogen-bond acceptors (Lipinski definition) is 8. The molecule has 0 saturated heterocycles. The zero-order chi connectivity index (χ0) is 72.9. The predicted molar refractivity (Wildman–Crippen MR) is 440 cm³/mol. The smallest absolute Gasteiger partial charge is 0.462 e. The second-order valence-corrected chi connectivity index (χ2v) is 28.0. The Morgan fingerprint density at radius 3 is 0.762 bits per heavy atom. The molecule has 0 aromatic rings. The van der Waals surface area contributed by atoms with Crippen molar-refractivity contribution < 1.29 is 37.6 Å². The monoisotopic (exact) mass is 1420 g/mol. The lowest BCUT2D eigenvalue weighted by Crippen LogP contribution is -2.29. The Hall–Kier alpha value is -5.15. The number of hydrogen-bond donors (Lipinski definition) is 2. The Labute approximate surface area is 621 Å². The van der Waals surface area contributed by atoms with Crippen LogP contribution in [0.15, 0.2) is 194 Å². The molecule has 0 aromatic carbocycles. The van der Waals surface area contributed by atoms with Crippen LogP contribution in [0, 0.1) is 0 Å². The van der Waals surface area contributed by atoms with E-state index in [2.05, 4.69) is 208 Å². The summed E-state index contributed by atoms with van der Waals surface area (Å²) in [5.41, 5.74) is 5.42. The Morgan fingerprint density at radius 1 is 0.297 bits per heavy atom. The van der Waals surface area contributed by atoms with Crippen molar-refractivity contribution in [3.05, 3.63) is 194 Å². The molecule has 0 fully saturated rings. The molecule has 0 bridgehead atoms. The van der Waals surface area contributed by atoms with Crippen molar-refractivity contribution in [1.29, 1.82) is 0 Å². The number of allylic oxidation sites excluding steroid dienone is 32. The molecule has 0 saturated carbocycles. The van der Waals surface area contributed by atoms with Gasteiger partial charge in [-0.1, -0.05) is 375 Å². The quantitative estimate of drug-likeness (QED) is 0.0264. The van der Waals surface area contributed by atoms with Crippen LogP contribution in [0.3, 0.4) is 0 Å². The van der Waals surface area contributed by atoms with Crippen molar-refractivity contribution in [1.82, 2.24) is 0 Å². The van der Waals surface area contributed by atoms with E-state index < -0.39 is 26.5 Å². The van der Waals surface area contributed by atoms with Crippen LogP contribution in [0.2, 0.25) is 0 Å². The van der Waals surface area contributed by atoms with Crippen LogP contribution in [0.4, 0.5) is 0 Å². The SMILES string of the molecule is CC/C=C\C/C=C\C/C=C\C/C=C\C/C=C\C/C=C\C/C=C\C/C=C\C/C=C\C/C=C\CCCCCCCCCCC(=O)OC(COC(=O)CCCCCCCCCCCCCCCCCCCCCCCC/C=C\C/C=C\C/C=C\C/C=C\C/C=C\C/C=C\CC)COP(=O)(O)OCCN. The van der Waals surface area contributed by atoms with Crippen LogP contribution in [-0.4, -0.2) is 49.3 Å². The number of phosphoric ester groups is 1. The minimum Gasteiger partial charge on any atom is -0.462 e. The largest absolute Gasteiger partial charge is 0.472 e. The Bertz CT molecular complexity index is 2370. The molecule has 0 aliphatic carbocycles. The molecule has 3 N–H and O–H groups in total. The summed E-state index contributed by atoms with van der Waals surface area (Å²) in [4.78, 5) is 35.5. The average Bonchev–Trinajstić information content (AvgIpc) is 1.01. The van der Waals surface area contributed by atoms with E-state index in [0.29, 0.717) is 6.42 Å². The van der Waals surface area contributed by atoms with Gasteiger partial charge in [-0.05, 0) is 141 Å². The van der Waals surface area contributed by atoms with E-state index in [0.717, 1.165) is 148 Å². The van der Waals surface area contributed by atoms with Gasteiger partial charge in [-0.3, -0.25) is 18.6 Å². The molecule has 0 aromatic heterocycles. The van der Waals surface area contributed by atoms with Gasteiger partial charge in [-0.25, -0.2) is 4.57 Å². The lowest BCUT2D eigenvalue weighted by atomic mass is 10.0. The normalized spacial score (nSPS) is 13.9. The van der Waals surface area contributed by atoms with E-state index >= 15 is 0 Å². The van der Waals surface area contributed by atoms with E-state index in [1.54, 1.807) is 0 Å². The summed E-state index contributed by atoms with van der Waals surface area (Å²) in [5.74, 6) is -0.837. The average molecular weight is 1420 g/mol. The van der Waals surface area contributed by atoms with Gasteiger partial charge >= 0.3 is 19.8 Å². The summed E-state index contributed by atoms with van der Waals surface area (Å²) in [6.45, 7) is 3.52. The summed E-state index contributed by atoms with van der Waals surface area (Å²) in [6.07, 6.45) is 127. The van der Waals surface area contributed by atoms with E-state index in [1.165, 1.54) is 154 Å². The molecule has 0 aliphatic rings. The summed E-state index contributed by atoms with van der Waals surface area (Å²) < 4.78 is 33.3. The molecule has 0 amide bonds. The van der Waals surface area contributed by atoms with Gasteiger partial charge in [-0.15, -0.1) is 0 Å².